The van der Waals surface area contributed by atoms with E-state index in [2.05, 4.69) is 111 Å². The molecule has 0 saturated carbocycles. The number of hydrogen-bond acceptors (Lipinski definition) is 1. The smallest absolute Gasteiger partial charge is 0.0201 e. The molecule has 0 bridgehead atoms. The second-order valence-electron chi connectivity index (χ2n) is 6.72. The first kappa shape index (κ1) is 17.6. The summed E-state index contributed by atoms with van der Waals surface area (Å²) < 4.78 is 0. The quantitative estimate of drug-likeness (QED) is 0.355. The predicted octanol–water partition coefficient (Wildman–Crippen LogP) is 7.79. The zero-order chi connectivity index (χ0) is 18.6. The highest BCUT2D eigenvalue weighted by atomic mass is 32.2. The molecule has 0 spiro atoms. The van der Waals surface area contributed by atoms with Crippen molar-refractivity contribution in [3.8, 4) is 22.3 Å². The molecule has 0 radical (unpaired) electrons. The van der Waals surface area contributed by atoms with E-state index in [1.807, 2.05) is 11.8 Å². The SMILES string of the molecule is Cc1ccccc1-c1ccccc1Sc1ccccc1-c1ccccc1C. The van der Waals surface area contributed by atoms with Crippen molar-refractivity contribution in [3.05, 3.63) is 108 Å². The van der Waals surface area contributed by atoms with Gasteiger partial charge in [-0.1, -0.05) is 96.7 Å². The van der Waals surface area contributed by atoms with Crippen molar-refractivity contribution in [1.82, 2.24) is 0 Å². The molecule has 4 aromatic rings. The van der Waals surface area contributed by atoms with Crippen LogP contribution in [-0.4, -0.2) is 0 Å². The summed E-state index contributed by atoms with van der Waals surface area (Å²) in [6.07, 6.45) is 0. The molecule has 1 heteroatoms. The summed E-state index contributed by atoms with van der Waals surface area (Å²) in [5.41, 5.74) is 7.79. The van der Waals surface area contributed by atoms with E-state index >= 15 is 0 Å². The van der Waals surface area contributed by atoms with Gasteiger partial charge in [0.2, 0.25) is 0 Å². The van der Waals surface area contributed by atoms with Crippen LogP contribution in [0.25, 0.3) is 22.3 Å². The van der Waals surface area contributed by atoms with E-state index in [9.17, 15) is 0 Å². The Hall–Kier alpha value is -2.77. The van der Waals surface area contributed by atoms with Crippen LogP contribution in [0.3, 0.4) is 0 Å². The van der Waals surface area contributed by atoms with E-state index in [0.717, 1.165) is 0 Å². The molecule has 0 N–H and O–H groups in total. The van der Waals surface area contributed by atoms with Crippen molar-refractivity contribution in [2.45, 2.75) is 23.6 Å². The lowest BCUT2D eigenvalue weighted by molar-refractivity contribution is 1.36. The van der Waals surface area contributed by atoms with Crippen LogP contribution in [0, 0.1) is 13.8 Å². The molecule has 4 aromatic carbocycles. The third-order valence-electron chi connectivity index (χ3n) is 4.86. The highest BCUT2D eigenvalue weighted by Gasteiger charge is 2.12. The summed E-state index contributed by atoms with van der Waals surface area (Å²) in [7, 11) is 0. The maximum absolute atomic E-state index is 2.22. The first-order chi connectivity index (χ1) is 13.2. The molecule has 0 heterocycles. The van der Waals surface area contributed by atoms with Gasteiger partial charge in [0.25, 0.3) is 0 Å². The molecular formula is C26H22S. The normalized spacial score (nSPS) is 10.7. The van der Waals surface area contributed by atoms with Gasteiger partial charge in [0, 0.05) is 9.79 Å². The molecule has 0 aromatic heterocycles. The van der Waals surface area contributed by atoms with Gasteiger partial charge in [-0.3, -0.25) is 0 Å². The molecule has 0 nitrogen and oxygen atoms in total. The van der Waals surface area contributed by atoms with E-state index in [1.54, 1.807) is 0 Å². The van der Waals surface area contributed by atoms with Gasteiger partial charge in [-0.25, -0.2) is 0 Å². The average Bonchev–Trinajstić information content (AvgIpc) is 2.70. The van der Waals surface area contributed by atoms with Crippen LogP contribution >= 0.6 is 11.8 Å². The van der Waals surface area contributed by atoms with Crippen molar-refractivity contribution in [1.29, 1.82) is 0 Å². The van der Waals surface area contributed by atoms with Gasteiger partial charge in [0.15, 0.2) is 0 Å². The Morgan fingerprint density at radius 3 is 1.15 bits per heavy atom. The summed E-state index contributed by atoms with van der Waals surface area (Å²) >= 11 is 1.85. The van der Waals surface area contributed by atoms with Gasteiger partial charge in [-0.2, -0.15) is 0 Å². The van der Waals surface area contributed by atoms with Crippen LogP contribution < -0.4 is 0 Å². The lowest BCUT2D eigenvalue weighted by Gasteiger charge is -2.15. The van der Waals surface area contributed by atoms with Gasteiger partial charge in [0.05, 0.1) is 0 Å². The van der Waals surface area contributed by atoms with Crippen LogP contribution in [0.1, 0.15) is 11.1 Å². The van der Waals surface area contributed by atoms with E-state index < -0.39 is 0 Å². The third kappa shape index (κ3) is 3.70. The van der Waals surface area contributed by atoms with Crippen LogP contribution in [0.15, 0.2) is 107 Å². The first-order valence-electron chi connectivity index (χ1n) is 9.22. The van der Waals surface area contributed by atoms with E-state index in [1.165, 1.54) is 43.2 Å². The van der Waals surface area contributed by atoms with E-state index in [-0.39, 0.29) is 0 Å². The zero-order valence-electron chi connectivity index (χ0n) is 15.6. The largest absolute Gasteiger partial charge is 0.0888 e. The maximum Gasteiger partial charge on any atom is 0.0201 e. The minimum atomic E-state index is 1.29. The van der Waals surface area contributed by atoms with Crippen molar-refractivity contribution < 1.29 is 0 Å². The van der Waals surface area contributed by atoms with Crippen molar-refractivity contribution in [2.75, 3.05) is 0 Å². The van der Waals surface area contributed by atoms with Crippen LogP contribution in [0.2, 0.25) is 0 Å². The maximum atomic E-state index is 2.22. The molecule has 0 amide bonds. The highest BCUT2D eigenvalue weighted by molar-refractivity contribution is 7.99. The molecular weight excluding hydrogens is 344 g/mol. The Balaban J connectivity index is 1.80. The predicted molar refractivity (Wildman–Crippen MR) is 117 cm³/mol. The van der Waals surface area contributed by atoms with Crippen LogP contribution in [0.5, 0.6) is 0 Å². The lowest BCUT2D eigenvalue weighted by atomic mass is 10.0. The number of aryl methyl sites for hydroxylation is 2. The standard InChI is InChI=1S/C26H22S/c1-19-11-3-5-13-21(19)23-15-7-9-17-25(23)27-26-18-10-8-16-24(26)22-14-6-4-12-20(22)2/h3-18H,1-2H3. The van der Waals surface area contributed by atoms with Crippen molar-refractivity contribution >= 4 is 11.8 Å². The molecule has 0 saturated heterocycles. The molecule has 0 aliphatic rings. The first-order valence-corrected chi connectivity index (χ1v) is 10.0. The minimum absolute atomic E-state index is 1.29. The van der Waals surface area contributed by atoms with Gasteiger partial charge < -0.3 is 0 Å². The van der Waals surface area contributed by atoms with Gasteiger partial charge in [0.1, 0.15) is 0 Å². The topological polar surface area (TPSA) is 0 Å². The number of rotatable bonds is 4. The van der Waals surface area contributed by atoms with Gasteiger partial charge >= 0.3 is 0 Å². The fourth-order valence-electron chi connectivity index (χ4n) is 3.42. The molecule has 132 valence electrons. The average molecular weight is 367 g/mol. The molecule has 0 aliphatic heterocycles. The fourth-order valence-corrected chi connectivity index (χ4v) is 4.53. The van der Waals surface area contributed by atoms with Crippen molar-refractivity contribution in [2.24, 2.45) is 0 Å². The summed E-state index contributed by atoms with van der Waals surface area (Å²) in [5.74, 6) is 0. The molecule has 0 aliphatic carbocycles. The Kier molecular flexibility index (Phi) is 5.13. The lowest BCUT2D eigenvalue weighted by Crippen LogP contribution is -1.88. The summed E-state index contributed by atoms with van der Waals surface area (Å²) in [6.45, 7) is 4.36. The second-order valence-corrected chi connectivity index (χ2v) is 7.81. The summed E-state index contributed by atoms with van der Waals surface area (Å²) in [6, 6.07) is 34.6. The van der Waals surface area contributed by atoms with E-state index in [4.69, 9.17) is 0 Å². The molecule has 0 atom stereocenters. The monoisotopic (exact) mass is 366 g/mol. The molecule has 27 heavy (non-hydrogen) atoms. The van der Waals surface area contributed by atoms with Crippen molar-refractivity contribution in [3.63, 3.8) is 0 Å². The molecule has 4 rings (SSSR count). The second kappa shape index (κ2) is 7.85. The summed E-state index contributed by atoms with van der Waals surface area (Å²) in [5, 5.41) is 0. The Bertz CT molecular complexity index is 992. The fraction of sp³-hybridized carbons (Fsp3) is 0.0769. The highest BCUT2D eigenvalue weighted by Crippen LogP contribution is 2.41. The van der Waals surface area contributed by atoms with Gasteiger partial charge in [-0.05, 0) is 59.4 Å². The number of benzene rings is 4. The Labute approximate surface area is 165 Å². The Morgan fingerprint density at radius 2 is 0.741 bits per heavy atom. The van der Waals surface area contributed by atoms with E-state index in [0.29, 0.717) is 0 Å². The third-order valence-corrected chi connectivity index (χ3v) is 6.02. The summed E-state index contributed by atoms with van der Waals surface area (Å²) in [4.78, 5) is 2.57. The number of hydrogen-bond donors (Lipinski definition) is 0. The Morgan fingerprint density at radius 1 is 0.407 bits per heavy atom. The molecule has 0 unspecified atom stereocenters. The zero-order valence-corrected chi connectivity index (χ0v) is 16.5. The molecule has 0 fully saturated rings. The van der Waals surface area contributed by atoms with Gasteiger partial charge in [-0.15, -0.1) is 0 Å². The minimum Gasteiger partial charge on any atom is -0.0888 e. The van der Waals surface area contributed by atoms with Crippen LogP contribution in [0.4, 0.5) is 0 Å². The van der Waals surface area contributed by atoms with Crippen LogP contribution in [-0.2, 0) is 0 Å².